The van der Waals surface area contributed by atoms with E-state index in [4.69, 9.17) is 16.3 Å². The Morgan fingerprint density at radius 2 is 1.95 bits per heavy atom. The number of nitrogens with one attached hydrogen (secondary N) is 1. The molecule has 0 aromatic heterocycles. The van der Waals surface area contributed by atoms with E-state index in [9.17, 15) is 0 Å². The summed E-state index contributed by atoms with van der Waals surface area (Å²) >= 11 is 6.09. The van der Waals surface area contributed by atoms with E-state index in [1.165, 1.54) is 0 Å². The van der Waals surface area contributed by atoms with E-state index in [0.717, 1.165) is 30.0 Å². The normalized spacial score (nSPS) is 13.5. The van der Waals surface area contributed by atoms with Gasteiger partial charge in [-0.15, -0.1) is 0 Å². The van der Waals surface area contributed by atoms with E-state index in [-0.39, 0.29) is 11.6 Å². The highest BCUT2D eigenvalue weighted by atomic mass is 35.5. The van der Waals surface area contributed by atoms with Gasteiger partial charge in [0, 0.05) is 10.6 Å². The van der Waals surface area contributed by atoms with Crippen LogP contribution in [0.3, 0.4) is 0 Å². The van der Waals surface area contributed by atoms with Gasteiger partial charge in [-0.25, -0.2) is 0 Å². The first-order chi connectivity index (χ1) is 8.88. The van der Waals surface area contributed by atoms with Crippen LogP contribution in [0.1, 0.15) is 46.1 Å². The van der Waals surface area contributed by atoms with Crippen LogP contribution >= 0.6 is 11.6 Å². The van der Waals surface area contributed by atoms with Crippen molar-refractivity contribution in [2.45, 2.75) is 58.8 Å². The highest BCUT2D eigenvalue weighted by Gasteiger charge is 2.09. The van der Waals surface area contributed by atoms with Crippen LogP contribution in [-0.2, 0) is 11.3 Å². The van der Waals surface area contributed by atoms with Crippen molar-refractivity contribution in [1.29, 1.82) is 0 Å². The first-order valence-corrected chi connectivity index (χ1v) is 7.36. The summed E-state index contributed by atoms with van der Waals surface area (Å²) in [6.45, 7) is 10.3. The highest BCUT2D eigenvalue weighted by molar-refractivity contribution is 6.31. The minimum absolute atomic E-state index is 0.196. The van der Waals surface area contributed by atoms with E-state index < -0.39 is 0 Å². The molecule has 108 valence electrons. The molecule has 1 aromatic rings. The van der Waals surface area contributed by atoms with Gasteiger partial charge in [0.2, 0.25) is 0 Å². The molecule has 2 nitrogen and oxygen atoms in total. The molecule has 0 aliphatic rings. The Balaban J connectivity index is 2.18. The average molecular weight is 284 g/mol. The second-order valence-corrected chi connectivity index (χ2v) is 6.44. The molecular weight excluding hydrogens is 258 g/mol. The standard InChI is InChI=1S/C16H26ClNO/c1-13(8-7-11-18-16(2,3)4)19-12-14-9-5-6-10-15(14)17/h5-6,9-10,13,18H,7-8,11-12H2,1-4H3. The van der Waals surface area contributed by atoms with Crippen LogP contribution < -0.4 is 5.32 Å². The van der Waals surface area contributed by atoms with Crippen LogP contribution in [0.15, 0.2) is 24.3 Å². The Morgan fingerprint density at radius 1 is 1.26 bits per heavy atom. The van der Waals surface area contributed by atoms with Crippen LogP contribution in [0.5, 0.6) is 0 Å². The molecule has 1 aromatic carbocycles. The predicted octanol–water partition coefficient (Wildman–Crippen LogP) is 4.41. The smallest absolute Gasteiger partial charge is 0.0734 e. The third kappa shape index (κ3) is 7.56. The number of hydrogen-bond acceptors (Lipinski definition) is 2. The molecule has 0 heterocycles. The lowest BCUT2D eigenvalue weighted by molar-refractivity contribution is 0.0461. The number of halogens is 1. The largest absolute Gasteiger partial charge is 0.374 e. The lowest BCUT2D eigenvalue weighted by Crippen LogP contribution is -2.36. The lowest BCUT2D eigenvalue weighted by Gasteiger charge is -2.21. The maximum absolute atomic E-state index is 6.09. The summed E-state index contributed by atoms with van der Waals surface area (Å²) < 4.78 is 5.83. The quantitative estimate of drug-likeness (QED) is 0.748. The summed E-state index contributed by atoms with van der Waals surface area (Å²) in [5.41, 5.74) is 1.26. The molecule has 0 spiro atoms. The van der Waals surface area contributed by atoms with Gasteiger partial charge >= 0.3 is 0 Å². The second-order valence-electron chi connectivity index (χ2n) is 6.03. The molecule has 0 saturated carbocycles. The first kappa shape index (κ1) is 16.5. The lowest BCUT2D eigenvalue weighted by atomic mass is 10.1. The number of ether oxygens (including phenoxy) is 1. The monoisotopic (exact) mass is 283 g/mol. The molecule has 1 unspecified atom stereocenters. The van der Waals surface area contributed by atoms with Crippen molar-refractivity contribution in [3.05, 3.63) is 34.9 Å². The zero-order valence-electron chi connectivity index (χ0n) is 12.5. The fourth-order valence-electron chi connectivity index (χ4n) is 1.78. The van der Waals surface area contributed by atoms with Crippen LogP contribution in [0.2, 0.25) is 5.02 Å². The molecule has 0 aliphatic carbocycles. The fourth-order valence-corrected chi connectivity index (χ4v) is 1.97. The second kappa shape index (κ2) is 7.88. The van der Waals surface area contributed by atoms with Gasteiger partial charge < -0.3 is 10.1 Å². The maximum atomic E-state index is 6.09. The van der Waals surface area contributed by atoms with Crippen molar-refractivity contribution in [2.24, 2.45) is 0 Å². The molecule has 19 heavy (non-hydrogen) atoms. The van der Waals surface area contributed by atoms with Crippen molar-refractivity contribution in [3.8, 4) is 0 Å². The molecule has 0 saturated heterocycles. The Hall–Kier alpha value is -0.570. The SMILES string of the molecule is CC(CCCNC(C)(C)C)OCc1ccccc1Cl. The Bertz CT molecular complexity index is 373. The Labute approximate surface area is 122 Å². The third-order valence-electron chi connectivity index (χ3n) is 2.92. The Kier molecular flexibility index (Phi) is 6.84. The topological polar surface area (TPSA) is 21.3 Å². The third-order valence-corrected chi connectivity index (χ3v) is 3.29. The molecule has 0 amide bonds. The van der Waals surface area contributed by atoms with Crippen molar-refractivity contribution in [2.75, 3.05) is 6.54 Å². The van der Waals surface area contributed by atoms with Gasteiger partial charge in [0.25, 0.3) is 0 Å². The average Bonchev–Trinajstić information content (AvgIpc) is 2.32. The number of rotatable bonds is 7. The van der Waals surface area contributed by atoms with E-state index in [1.54, 1.807) is 0 Å². The summed E-state index contributed by atoms with van der Waals surface area (Å²) in [6.07, 6.45) is 2.45. The van der Waals surface area contributed by atoms with Crippen molar-refractivity contribution < 1.29 is 4.74 Å². The van der Waals surface area contributed by atoms with Gasteiger partial charge in [-0.1, -0.05) is 29.8 Å². The van der Waals surface area contributed by atoms with Crippen molar-refractivity contribution >= 4 is 11.6 Å². The fraction of sp³-hybridized carbons (Fsp3) is 0.625. The molecule has 1 N–H and O–H groups in total. The van der Waals surface area contributed by atoms with Crippen molar-refractivity contribution in [3.63, 3.8) is 0 Å². The van der Waals surface area contributed by atoms with Crippen LogP contribution in [0.25, 0.3) is 0 Å². The van der Waals surface area contributed by atoms with E-state index in [1.807, 2.05) is 24.3 Å². The van der Waals surface area contributed by atoms with Gasteiger partial charge in [0.05, 0.1) is 12.7 Å². The molecule has 0 aliphatic heterocycles. The molecular formula is C16H26ClNO. The highest BCUT2D eigenvalue weighted by Crippen LogP contribution is 2.17. The number of hydrogen-bond donors (Lipinski definition) is 1. The molecule has 1 rings (SSSR count). The molecule has 1 atom stereocenters. The van der Waals surface area contributed by atoms with Crippen LogP contribution in [-0.4, -0.2) is 18.2 Å². The summed E-state index contributed by atoms with van der Waals surface area (Å²) in [7, 11) is 0. The zero-order valence-corrected chi connectivity index (χ0v) is 13.3. The maximum Gasteiger partial charge on any atom is 0.0734 e. The molecule has 3 heteroatoms. The van der Waals surface area contributed by atoms with Crippen LogP contribution in [0, 0.1) is 0 Å². The van der Waals surface area contributed by atoms with Crippen molar-refractivity contribution in [1.82, 2.24) is 5.32 Å². The first-order valence-electron chi connectivity index (χ1n) is 6.98. The predicted molar refractivity (Wildman–Crippen MR) is 82.7 cm³/mol. The summed E-state index contributed by atoms with van der Waals surface area (Å²) in [5, 5.41) is 4.27. The molecule has 0 fully saturated rings. The Morgan fingerprint density at radius 3 is 2.58 bits per heavy atom. The minimum Gasteiger partial charge on any atom is -0.374 e. The minimum atomic E-state index is 0.196. The zero-order chi connectivity index (χ0) is 14.3. The van der Waals surface area contributed by atoms with Gasteiger partial charge in [-0.05, 0) is 58.7 Å². The number of benzene rings is 1. The van der Waals surface area contributed by atoms with Crippen LogP contribution in [0.4, 0.5) is 0 Å². The summed E-state index contributed by atoms with van der Waals surface area (Å²) in [5.74, 6) is 0. The van der Waals surface area contributed by atoms with Gasteiger partial charge in [0.15, 0.2) is 0 Å². The van der Waals surface area contributed by atoms with Gasteiger partial charge in [-0.3, -0.25) is 0 Å². The van der Waals surface area contributed by atoms with E-state index >= 15 is 0 Å². The molecule has 0 radical (unpaired) electrons. The van der Waals surface area contributed by atoms with E-state index in [0.29, 0.717) is 6.61 Å². The molecule has 0 bridgehead atoms. The summed E-state index contributed by atoms with van der Waals surface area (Å²) in [6, 6.07) is 7.84. The van der Waals surface area contributed by atoms with Gasteiger partial charge in [-0.2, -0.15) is 0 Å². The van der Waals surface area contributed by atoms with E-state index in [2.05, 4.69) is 33.0 Å². The summed E-state index contributed by atoms with van der Waals surface area (Å²) in [4.78, 5) is 0. The van der Waals surface area contributed by atoms with Gasteiger partial charge in [0.1, 0.15) is 0 Å².